The summed E-state index contributed by atoms with van der Waals surface area (Å²) in [5, 5.41) is 3.27. The normalized spacial score (nSPS) is 15.7. The molecule has 1 N–H and O–H groups in total. The van der Waals surface area contributed by atoms with E-state index in [1.807, 2.05) is 24.7 Å². The van der Waals surface area contributed by atoms with Gasteiger partial charge in [-0.3, -0.25) is 4.90 Å². The van der Waals surface area contributed by atoms with Gasteiger partial charge in [0.2, 0.25) is 5.88 Å². The first-order chi connectivity index (χ1) is 19.3. The Bertz CT molecular complexity index is 1180. The standard InChI is InChI=1S/C11H19N3.C10H14N2O.C10H13NO2/c1-4-13-5-6-14-10(9(2)3)7-12-11(14)8-13;1-7(2)8-5-9-10(12-6-8)13-4-3-11-9;1-7(2)8-5-9-10(11-6-8)13-4-3-12-9/h7,9H,4-6,8H2,1-3H3;5-7,11H,3-4H2,1-2H3;5-7H,3-4H2,1-2H3. The zero-order chi connectivity index (χ0) is 28.6. The highest BCUT2D eigenvalue weighted by molar-refractivity contribution is 5.55. The summed E-state index contributed by atoms with van der Waals surface area (Å²) in [6.07, 6.45) is 5.77. The lowest BCUT2D eigenvalue weighted by molar-refractivity contribution is 0.164. The van der Waals surface area contributed by atoms with E-state index in [0.29, 0.717) is 43.5 Å². The molecule has 0 bridgehead atoms. The van der Waals surface area contributed by atoms with Crippen molar-refractivity contribution in [1.82, 2.24) is 24.4 Å². The summed E-state index contributed by atoms with van der Waals surface area (Å²) in [4.78, 5) is 15.4. The number of anilines is 1. The molecule has 0 saturated heterocycles. The van der Waals surface area contributed by atoms with Crippen molar-refractivity contribution in [2.75, 3.05) is 44.8 Å². The fraction of sp³-hybridized carbons (Fsp3) is 0.581. The van der Waals surface area contributed by atoms with Gasteiger partial charge in [0.1, 0.15) is 25.6 Å². The molecule has 0 spiro atoms. The van der Waals surface area contributed by atoms with Gasteiger partial charge in [0, 0.05) is 43.9 Å². The third-order valence-corrected chi connectivity index (χ3v) is 7.29. The molecule has 218 valence electrons. The minimum absolute atomic E-state index is 0.475. The average Bonchev–Trinajstić information content (AvgIpc) is 3.41. The first-order valence-corrected chi connectivity index (χ1v) is 14.7. The number of nitrogens with one attached hydrogen (secondary N) is 1. The van der Waals surface area contributed by atoms with E-state index in [2.05, 4.69) is 84.3 Å². The van der Waals surface area contributed by atoms with E-state index < -0.39 is 0 Å². The predicted molar refractivity (Wildman–Crippen MR) is 159 cm³/mol. The zero-order valence-corrected chi connectivity index (χ0v) is 25.2. The topological polar surface area (TPSA) is 86.6 Å². The number of aromatic nitrogens is 4. The molecule has 9 heteroatoms. The molecule has 0 radical (unpaired) electrons. The van der Waals surface area contributed by atoms with Crippen LogP contribution in [0.3, 0.4) is 0 Å². The molecule has 0 aliphatic carbocycles. The van der Waals surface area contributed by atoms with Crippen LogP contribution in [0.25, 0.3) is 0 Å². The number of hydrogen-bond donors (Lipinski definition) is 1. The van der Waals surface area contributed by atoms with Crippen molar-refractivity contribution in [3.05, 3.63) is 53.4 Å². The number of nitrogens with zero attached hydrogens (tertiary/aromatic N) is 5. The summed E-state index contributed by atoms with van der Waals surface area (Å²) >= 11 is 0. The summed E-state index contributed by atoms with van der Waals surface area (Å²) in [6, 6.07) is 4.12. The van der Waals surface area contributed by atoms with Gasteiger partial charge in [-0.25, -0.2) is 15.0 Å². The molecular formula is C31H46N6O3. The molecule has 0 unspecified atom stereocenters. The quantitative estimate of drug-likeness (QED) is 0.434. The summed E-state index contributed by atoms with van der Waals surface area (Å²) in [6.45, 7) is 22.5. The van der Waals surface area contributed by atoms with Gasteiger partial charge in [0.05, 0.1) is 12.2 Å². The molecule has 0 saturated carbocycles. The van der Waals surface area contributed by atoms with Crippen LogP contribution in [0.2, 0.25) is 0 Å². The highest BCUT2D eigenvalue weighted by atomic mass is 16.6. The van der Waals surface area contributed by atoms with Crippen molar-refractivity contribution in [3.63, 3.8) is 0 Å². The third-order valence-electron chi connectivity index (χ3n) is 7.29. The second kappa shape index (κ2) is 13.8. The summed E-state index contributed by atoms with van der Waals surface area (Å²) < 4.78 is 18.5. The summed E-state index contributed by atoms with van der Waals surface area (Å²) in [5.74, 6) is 4.94. The number of hydrogen-bond acceptors (Lipinski definition) is 8. The minimum atomic E-state index is 0.475. The maximum atomic E-state index is 5.43. The van der Waals surface area contributed by atoms with Gasteiger partial charge in [0.15, 0.2) is 5.75 Å². The second-order valence-corrected chi connectivity index (χ2v) is 11.2. The number of likely N-dealkylation sites (N-methyl/N-ethyl adjacent to an activating group) is 1. The average molecular weight is 551 g/mol. The Morgan fingerprint density at radius 2 is 1.45 bits per heavy atom. The van der Waals surface area contributed by atoms with Crippen molar-refractivity contribution in [2.45, 2.75) is 79.3 Å². The van der Waals surface area contributed by atoms with Crippen LogP contribution in [0, 0.1) is 0 Å². The third kappa shape index (κ3) is 7.44. The Hall–Kier alpha value is -3.33. The lowest BCUT2D eigenvalue weighted by Gasteiger charge is -2.27. The van der Waals surface area contributed by atoms with Crippen LogP contribution in [0.15, 0.2) is 30.7 Å². The molecule has 0 atom stereocenters. The van der Waals surface area contributed by atoms with Gasteiger partial charge in [-0.2, -0.15) is 0 Å². The molecule has 0 aromatic carbocycles. The zero-order valence-electron chi connectivity index (χ0n) is 25.2. The minimum Gasteiger partial charge on any atom is -0.484 e. The molecular weight excluding hydrogens is 504 g/mol. The van der Waals surface area contributed by atoms with Crippen LogP contribution in [0.1, 0.15) is 88.9 Å². The fourth-order valence-corrected chi connectivity index (χ4v) is 4.69. The molecule has 0 amide bonds. The van der Waals surface area contributed by atoms with Crippen molar-refractivity contribution in [2.24, 2.45) is 0 Å². The summed E-state index contributed by atoms with van der Waals surface area (Å²) in [7, 11) is 0. The van der Waals surface area contributed by atoms with Gasteiger partial charge >= 0.3 is 0 Å². The van der Waals surface area contributed by atoms with E-state index in [-0.39, 0.29) is 0 Å². The summed E-state index contributed by atoms with van der Waals surface area (Å²) in [5.41, 5.74) is 4.84. The predicted octanol–water partition coefficient (Wildman–Crippen LogP) is 5.83. The maximum absolute atomic E-state index is 5.43. The molecule has 3 aliphatic rings. The lowest BCUT2D eigenvalue weighted by Crippen LogP contribution is -2.34. The Labute approximate surface area is 239 Å². The Morgan fingerprint density at radius 3 is 2.15 bits per heavy atom. The van der Waals surface area contributed by atoms with Crippen LogP contribution >= 0.6 is 0 Å². The molecule has 6 heterocycles. The first kappa shape index (κ1) is 29.6. The van der Waals surface area contributed by atoms with E-state index in [0.717, 1.165) is 43.5 Å². The van der Waals surface area contributed by atoms with Crippen molar-refractivity contribution in [1.29, 1.82) is 0 Å². The Balaban J connectivity index is 0.000000139. The van der Waals surface area contributed by atoms with Gasteiger partial charge in [0.25, 0.3) is 5.88 Å². The number of pyridine rings is 2. The molecule has 3 aliphatic heterocycles. The monoisotopic (exact) mass is 550 g/mol. The molecule has 0 fully saturated rings. The second-order valence-electron chi connectivity index (χ2n) is 11.2. The number of ether oxygens (including phenoxy) is 3. The van der Waals surface area contributed by atoms with Crippen molar-refractivity contribution < 1.29 is 14.2 Å². The van der Waals surface area contributed by atoms with Crippen LogP contribution in [-0.2, 0) is 13.1 Å². The van der Waals surface area contributed by atoms with E-state index in [1.165, 1.54) is 29.2 Å². The fourth-order valence-electron chi connectivity index (χ4n) is 4.69. The van der Waals surface area contributed by atoms with Gasteiger partial charge in [-0.05, 0) is 47.6 Å². The van der Waals surface area contributed by atoms with Crippen LogP contribution in [-0.4, -0.2) is 63.9 Å². The lowest BCUT2D eigenvalue weighted by atomic mass is 10.1. The highest BCUT2D eigenvalue weighted by Gasteiger charge is 2.19. The molecule has 40 heavy (non-hydrogen) atoms. The van der Waals surface area contributed by atoms with Crippen LogP contribution < -0.4 is 19.5 Å². The molecule has 9 nitrogen and oxygen atoms in total. The first-order valence-electron chi connectivity index (χ1n) is 14.7. The van der Waals surface area contributed by atoms with E-state index >= 15 is 0 Å². The number of rotatable bonds is 4. The SMILES string of the molecule is CC(C)c1cnc2c(c1)NCCO2.CC(C)c1cnc2c(c1)OCCO2.CCN1CCn2c(C(C)C)cnc2C1. The number of imidazole rings is 1. The van der Waals surface area contributed by atoms with E-state index in [9.17, 15) is 0 Å². The van der Waals surface area contributed by atoms with Crippen LogP contribution in [0.5, 0.6) is 17.5 Å². The Kier molecular flexibility index (Phi) is 10.3. The van der Waals surface area contributed by atoms with E-state index in [4.69, 9.17) is 14.2 Å². The van der Waals surface area contributed by atoms with Gasteiger partial charge < -0.3 is 24.1 Å². The van der Waals surface area contributed by atoms with Gasteiger partial charge in [-0.15, -0.1) is 0 Å². The smallest absolute Gasteiger partial charge is 0.257 e. The molecule has 3 aromatic heterocycles. The molecule has 6 rings (SSSR count). The largest absolute Gasteiger partial charge is 0.484 e. The van der Waals surface area contributed by atoms with E-state index in [1.54, 1.807) is 0 Å². The van der Waals surface area contributed by atoms with Crippen LogP contribution in [0.4, 0.5) is 5.69 Å². The molecule has 3 aromatic rings. The van der Waals surface area contributed by atoms with Crippen molar-refractivity contribution >= 4 is 5.69 Å². The Morgan fingerprint density at radius 1 is 0.775 bits per heavy atom. The highest BCUT2D eigenvalue weighted by Crippen LogP contribution is 2.30. The maximum Gasteiger partial charge on any atom is 0.257 e. The van der Waals surface area contributed by atoms with Crippen molar-refractivity contribution in [3.8, 4) is 17.5 Å². The van der Waals surface area contributed by atoms with Gasteiger partial charge in [-0.1, -0.05) is 48.5 Å². The number of fused-ring (bicyclic) bond motifs is 3.